The molecule has 0 heterocycles. The van der Waals surface area contributed by atoms with Gasteiger partial charge in [0.2, 0.25) is 0 Å². The fraction of sp³-hybridized carbons (Fsp3) is 0.125. The lowest BCUT2D eigenvalue weighted by atomic mass is 10.3. The first-order valence-electron chi connectivity index (χ1n) is 5.90. The minimum Gasteiger partial charge on any atom is -0.487 e. The molecule has 0 aromatic heterocycles. The van der Waals surface area contributed by atoms with Crippen LogP contribution in [-0.2, 0) is 0 Å². The van der Waals surface area contributed by atoms with E-state index in [4.69, 9.17) is 9.47 Å². The summed E-state index contributed by atoms with van der Waals surface area (Å²) < 4.78 is 11.3. The fourth-order valence-corrected chi connectivity index (χ4v) is 1.47. The average Bonchev–Trinajstić information content (AvgIpc) is 2.42. The van der Waals surface area contributed by atoms with E-state index in [1.165, 1.54) is 0 Å². The maximum atomic E-state index is 5.69. The van der Waals surface area contributed by atoms with E-state index in [0.29, 0.717) is 0 Å². The molecule has 0 radical (unpaired) electrons. The van der Waals surface area contributed by atoms with Gasteiger partial charge < -0.3 is 9.47 Å². The Bertz CT molecular complexity index is 488. The largest absolute Gasteiger partial charge is 0.487 e. The second-order valence-electron chi connectivity index (χ2n) is 3.95. The quantitative estimate of drug-likeness (QED) is 0.720. The van der Waals surface area contributed by atoms with Crippen molar-refractivity contribution in [1.82, 2.24) is 0 Å². The summed E-state index contributed by atoms with van der Waals surface area (Å²) in [5, 5.41) is 0. The normalized spacial score (nSPS) is 11.6. The smallest absolute Gasteiger partial charge is 0.127 e. The van der Waals surface area contributed by atoms with Crippen molar-refractivity contribution < 1.29 is 9.47 Å². The molecule has 0 aliphatic heterocycles. The molecule has 0 saturated heterocycles. The zero-order valence-electron chi connectivity index (χ0n) is 10.4. The Kier molecular flexibility index (Phi) is 4.02. The van der Waals surface area contributed by atoms with E-state index < -0.39 is 0 Å². The number of benzene rings is 2. The lowest BCUT2D eigenvalue weighted by Crippen LogP contribution is -2.06. The molecule has 0 spiro atoms. The summed E-state index contributed by atoms with van der Waals surface area (Å²) in [7, 11) is 0. The van der Waals surface area contributed by atoms with E-state index in [0.717, 1.165) is 17.2 Å². The molecule has 0 aliphatic rings. The van der Waals surface area contributed by atoms with Gasteiger partial charge in [0.05, 0.1) is 0 Å². The zero-order valence-corrected chi connectivity index (χ0v) is 10.4. The molecule has 2 heteroatoms. The molecule has 2 nitrogen and oxygen atoms in total. The first-order chi connectivity index (χ1) is 8.78. The topological polar surface area (TPSA) is 18.5 Å². The summed E-state index contributed by atoms with van der Waals surface area (Å²) >= 11 is 0. The number of para-hydroxylation sites is 1. The summed E-state index contributed by atoms with van der Waals surface area (Å²) in [5.41, 5.74) is 0. The van der Waals surface area contributed by atoms with Crippen LogP contribution in [0.25, 0.3) is 0 Å². The molecule has 0 fully saturated rings. The molecule has 92 valence electrons. The first-order valence-corrected chi connectivity index (χ1v) is 5.90. The van der Waals surface area contributed by atoms with Crippen LogP contribution in [0.15, 0.2) is 67.3 Å². The highest BCUT2D eigenvalue weighted by atomic mass is 16.5. The van der Waals surface area contributed by atoms with E-state index in [9.17, 15) is 0 Å². The summed E-state index contributed by atoms with van der Waals surface area (Å²) in [5.74, 6) is 2.42. The lowest BCUT2D eigenvalue weighted by Gasteiger charge is -2.11. The van der Waals surface area contributed by atoms with Gasteiger partial charge in [-0.1, -0.05) is 30.9 Å². The molecule has 0 N–H and O–H groups in total. The summed E-state index contributed by atoms with van der Waals surface area (Å²) in [6.45, 7) is 5.63. The Hall–Kier alpha value is -2.22. The van der Waals surface area contributed by atoms with E-state index in [2.05, 4.69) is 6.58 Å². The Labute approximate surface area is 107 Å². The average molecular weight is 240 g/mol. The van der Waals surface area contributed by atoms with Crippen molar-refractivity contribution in [2.75, 3.05) is 0 Å². The highest BCUT2D eigenvalue weighted by molar-refractivity contribution is 5.35. The van der Waals surface area contributed by atoms with Gasteiger partial charge in [0, 0.05) is 0 Å². The maximum absolute atomic E-state index is 5.69. The Morgan fingerprint density at radius 1 is 0.889 bits per heavy atom. The van der Waals surface area contributed by atoms with E-state index >= 15 is 0 Å². The Morgan fingerprint density at radius 2 is 1.44 bits per heavy atom. The molecular weight excluding hydrogens is 224 g/mol. The van der Waals surface area contributed by atoms with Crippen LogP contribution in [0.2, 0.25) is 0 Å². The number of hydrogen-bond acceptors (Lipinski definition) is 2. The molecule has 0 amide bonds. The molecule has 2 aromatic carbocycles. The van der Waals surface area contributed by atoms with Gasteiger partial charge in [0.15, 0.2) is 0 Å². The second-order valence-corrected chi connectivity index (χ2v) is 3.95. The SMILES string of the molecule is C=CC(C)Oc1ccc(Oc2ccccc2)cc1. The van der Waals surface area contributed by atoms with Crippen LogP contribution in [-0.4, -0.2) is 6.10 Å². The summed E-state index contributed by atoms with van der Waals surface area (Å²) in [6.07, 6.45) is 1.76. The van der Waals surface area contributed by atoms with Crippen molar-refractivity contribution in [3.8, 4) is 17.2 Å². The summed E-state index contributed by atoms with van der Waals surface area (Å²) in [4.78, 5) is 0. The lowest BCUT2D eigenvalue weighted by molar-refractivity contribution is 0.270. The molecular formula is C16H16O2. The fourth-order valence-electron chi connectivity index (χ4n) is 1.47. The van der Waals surface area contributed by atoms with Crippen molar-refractivity contribution in [3.05, 3.63) is 67.3 Å². The molecule has 2 rings (SSSR count). The van der Waals surface area contributed by atoms with Gasteiger partial charge >= 0.3 is 0 Å². The van der Waals surface area contributed by atoms with Crippen molar-refractivity contribution in [1.29, 1.82) is 0 Å². The molecule has 0 bridgehead atoms. The van der Waals surface area contributed by atoms with Gasteiger partial charge in [-0.3, -0.25) is 0 Å². The highest BCUT2D eigenvalue weighted by Gasteiger charge is 2.00. The van der Waals surface area contributed by atoms with Gasteiger partial charge in [-0.25, -0.2) is 0 Å². The van der Waals surface area contributed by atoms with Gasteiger partial charge in [0.25, 0.3) is 0 Å². The van der Waals surface area contributed by atoms with Crippen LogP contribution in [0.1, 0.15) is 6.92 Å². The maximum Gasteiger partial charge on any atom is 0.127 e. The molecule has 0 aliphatic carbocycles. The van der Waals surface area contributed by atoms with Crippen LogP contribution in [0.3, 0.4) is 0 Å². The molecule has 0 saturated carbocycles. The number of rotatable bonds is 5. The zero-order chi connectivity index (χ0) is 12.8. The third-order valence-corrected chi connectivity index (χ3v) is 2.46. The standard InChI is InChI=1S/C16H16O2/c1-3-13(2)17-15-9-11-16(12-10-15)18-14-7-5-4-6-8-14/h3-13H,1H2,2H3. The predicted molar refractivity (Wildman–Crippen MR) is 73.2 cm³/mol. The minimum atomic E-state index is 0.00546. The predicted octanol–water partition coefficient (Wildman–Crippen LogP) is 4.43. The highest BCUT2D eigenvalue weighted by Crippen LogP contribution is 2.23. The third kappa shape index (κ3) is 3.39. The van der Waals surface area contributed by atoms with E-state index in [-0.39, 0.29) is 6.10 Å². The number of ether oxygens (including phenoxy) is 2. The molecule has 1 atom stereocenters. The van der Waals surface area contributed by atoms with Gasteiger partial charge in [-0.2, -0.15) is 0 Å². The van der Waals surface area contributed by atoms with Gasteiger partial charge in [-0.05, 0) is 43.3 Å². The van der Waals surface area contributed by atoms with E-state index in [1.54, 1.807) is 6.08 Å². The first kappa shape index (κ1) is 12.2. The second kappa shape index (κ2) is 5.92. The molecule has 2 aromatic rings. The van der Waals surface area contributed by atoms with E-state index in [1.807, 2.05) is 61.5 Å². The third-order valence-electron chi connectivity index (χ3n) is 2.46. The van der Waals surface area contributed by atoms with Crippen LogP contribution < -0.4 is 9.47 Å². The van der Waals surface area contributed by atoms with Crippen LogP contribution >= 0.6 is 0 Å². The van der Waals surface area contributed by atoms with Crippen LogP contribution in [0.4, 0.5) is 0 Å². The minimum absolute atomic E-state index is 0.00546. The van der Waals surface area contributed by atoms with Crippen LogP contribution in [0.5, 0.6) is 17.2 Å². The van der Waals surface area contributed by atoms with Crippen LogP contribution in [0, 0.1) is 0 Å². The number of hydrogen-bond donors (Lipinski definition) is 0. The Morgan fingerprint density at radius 3 is 2.06 bits per heavy atom. The monoisotopic (exact) mass is 240 g/mol. The van der Waals surface area contributed by atoms with Crippen molar-refractivity contribution in [3.63, 3.8) is 0 Å². The summed E-state index contributed by atoms with van der Waals surface area (Å²) in [6, 6.07) is 17.2. The Balaban J connectivity index is 2.02. The molecule has 18 heavy (non-hydrogen) atoms. The van der Waals surface area contributed by atoms with Gasteiger partial charge in [0.1, 0.15) is 23.4 Å². The van der Waals surface area contributed by atoms with Crippen molar-refractivity contribution in [2.24, 2.45) is 0 Å². The van der Waals surface area contributed by atoms with Crippen molar-refractivity contribution >= 4 is 0 Å². The molecule has 1 unspecified atom stereocenters. The van der Waals surface area contributed by atoms with Crippen molar-refractivity contribution in [2.45, 2.75) is 13.0 Å². The van der Waals surface area contributed by atoms with Gasteiger partial charge in [-0.15, -0.1) is 0 Å².